The van der Waals surface area contributed by atoms with Crippen molar-refractivity contribution in [2.75, 3.05) is 0 Å². The fourth-order valence-corrected chi connectivity index (χ4v) is 2.42. The molecule has 0 unspecified atom stereocenters. The highest BCUT2D eigenvalue weighted by Crippen LogP contribution is 2.24. The molecule has 0 spiro atoms. The minimum Gasteiger partial charge on any atom is -0.478 e. The Bertz CT molecular complexity index is 1010. The Hall–Kier alpha value is -3.55. The van der Waals surface area contributed by atoms with Gasteiger partial charge in [-0.2, -0.15) is 10.3 Å². The third-order valence-electron chi connectivity index (χ3n) is 3.51. The SMILES string of the molecule is O=C(O)c1cccc(-n2ncc3ccc(-c4nn[nH]n4)cc32)c1. The summed E-state index contributed by atoms with van der Waals surface area (Å²) in [6.07, 6.45) is 1.72. The van der Waals surface area contributed by atoms with Crippen LogP contribution in [-0.4, -0.2) is 41.5 Å². The van der Waals surface area contributed by atoms with Crippen molar-refractivity contribution in [1.82, 2.24) is 30.4 Å². The minimum absolute atomic E-state index is 0.209. The second-order valence-electron chi connectivity index (χ2n) is 4.92. The molecule has 2 N–H and O–H groups in total. The first-order valence-corrected chi connectivity index (χ1v) is 6.78. The van der Waals surface area contributed by atoms with Gasteiger partial charge in [0, 0.05) is 10.9 Å². The smallest absolute Gasteiger partial charge is 0.335 e. The molecule has 0 atom stereocenters. The third kappa shape index (κ3) is 2.22. The van der Waals surface area contributed by atoms with Crippen molar-refractivity contribution < 1.29 is 9.90 Å². The standard InChI is InChI=1S/C15H10N6O2/c22-15(23)10-2-1-3-12(6-10)21-13-7-9(14-17-19-20-18-14)4-5-11(13)8-16-21/h1-8H,(H,22,23)(H,17,18,19,20). The Morgan fingerprint density at radius 1 is 1.17 bits per heavy atom. The third-order valence-corrected chi connectivity index (χ3v) is 3.51. The van der Waals surface area contributed by atoms with Crippen molar-refractivity contribution in [1.29, 1.82) is 0 Å². The van der Waals surface area contributed by atoms with Gasteiger partial charge in [0.2, 0.25) is 5.82 Å². The van der Waals surface area contributed by atoms with Crippen LogP contribution in [0.3, 0.4) is 0 Å². The van der Waals surface area contributed by atoms with Crippen LogP contribution < -0.4 is 0 Å². The van der Waals surface area contributed by atoms with E-state index in [1.54, 1.807) is 35.1 Å². The molecule has 0 bridgehead atoms. The van der Waals surface area contributed by atoms with Crippen LogP contribution in [0.5, 0.6) is 0 Å². The number of aromatic amines is 1. The zero-order valence-electron chi connectivity index (χ0n) is 11.7. The zero-order valence-corrected chi connectivity index (χ0v) is 11.7. The number of carboxylic acid groups (broad SMARTS) is 1. The molecule has 0 saturated heterocycles. The molecule has 23 heavy (non-hydrogen) atoms. The predicted octanol–water partition coefficient (Wildman–Crippen LogP) is 1.90. The molecule has 112 valence electrons. The number of aromatic carboxylic acids is 1. The summed E-state index contributed by atoms with van der Waals surface area (Å²) in [6.45, 7) is 0. The summed E-state index contributed by atoms with van der Waals surface area (Å²) >= 11 is 0. The Labute approximate surface area is 129 Å². The molecule has 2 aromatic heterocycles. The first kappa shape index (κ1) is 13.1. The molecule has 2 aromatic carbocycles. The van der Waals surface area contributed by atoms with Crippen LogP contribution in [0, 0.1) is 0 Å². The predicted molar refractivity (Wildman–Crippen MR) is 81.2 cm³/mol. The molecule has 0 fully saturated rings. The molecule has 0 aliphatic carbocycles. The van der Waals surface area contributed by atoms with E-state index in [0.29, 0.717) is 11.5 Å². The number of nitrogens with one attached hydrogen (secondary N) is 1. The molecule has 4 aromatic rings. The highest BCUT2D eigenvalue weighted by Gasteiger charge is 2.11. The van der Waals surface area contributed by atoms with E-state index >= 15 is 0 Å². The van der Waals surface area contributed by atoms with Crippen molar-refractivity contribution >= 4 is 16.9 Å². The van der Waals surface area contributed by atoms with Gasteiger partial charge < -0.3 is 5.11 Å². The summed E-state index contributed by atoms with van der Waals surface area (Å²) in [5.74, 6) is -0.491. The van der Waals surface area contributed by atoms with Crippen molar-refractivity contribution in [3.05, 3.63) is 54.2 Å². The molecule has 8 heteroatoms. The lowest BCUT2D eigenvalue weighted by Gasteiger charge is -2.05. The molecule has 0 radical (unpaired) electrons. The number of H-pyrrole nitrogens is 1. The fraction of sp³-hybridized carbons (Fsp3) is 0. The van der Waals surface area contributed by atoms with E-state index in [2.05, 4.69) is 25.7 Å². The lowest BCUT2D eigenvalue weighted by molar-refractivity contribution is 0.0697. The quantitative estimate of drug-likeness (QED) is 0.598. The molecule has 0 aliphatic heterocycles. The number of hydrogen-bond donors (Lipinski definition) is 2. The molecule has 2 heterocycles. The number of carboxylic acids is 1. The lowest BCUT2D eigenvalue weighted by atomic mass is 10.1. The van der Waals surface area contributed by atoms with Gasteiger partial charge in [0.15, 0.2) is 0 Å². The number of rotatable bonds is 3. The topological polar surface area (TPSA) is 110 Å². The average molecular weight is 306 g/mol. The van der Waals surface area contributed by atoms with Crippen LogP contribution in [0.25, 0.3) is 28.0 Å². The fourth-order valence-electron chi connectivity index (χ4n) is 2.42. The van der Waals surface area contributed by atoms with E-state index < -0.39 is 5.97 Å². The Morgan fingerprint density at radius 2 is 2.09 bits per heavy atom. The Morgan fingerprint density at radius 3 is 2.87 bits per heavy atom. The summed E-state index contributed by atoms with van der Waals surface area (Å²) in [7, 11) is 0. The van der Waals surface area contributed by atoms with Crippen molar-refractivity contribution in [3.8, 4) is 17.1 Å². The van der Waals surface area contributed by atoms with E-state index in [1.807, 2.05) is 18.2 Å². The number of benzene rings is 2. The lowest BCUT2D eigenvalue weighted by Crippen LogP contribution is -2.01. The van der Waals surface area contributed by atoms with Crippen LogP contribution in [0.4, 0.5) is 0 Å². The average Bonchev–Trinajstić information content (AvgIpc) is 3.24. The largest absolute Gasteiger partial charge is 0.478 e. The van der Waals surface area contributed by atoms with Crippen molar-refractivity contribution in [2.45, 2.75) is 0 Å². The van der Waals surface area contributed by atoms with Gasteiger partial charge >= 0.3 is 5.97 Å². The number of carbonyl (C=O) groups is 1. The van der Waals surface area contributed by atoms with Crippen LogP contribution in [0.1, 0.15) is 10.4 Å². The minimum atomic E-state index is -0.976. The van der Waals surface area contributed by atoms with Crippen molar-refractivity contribution in [3.63, 3.8) is 0 Å². The monoisotopic (exact) mass is 306 g/mol. The van der Waals surface area contributed by atoms with Gasteiger partial charge in [-0.15, -0.1) is 10.2 Å². The van der Waals surface area contributed by atoms with E-state index in [-0.39, 0.29) is 5.56 Å². The Kier molecular flexibility index (Phi) is 2.87. The van der Waals surface area contributed by atoms with Gasteiger partial charge in [0.05, 0.1) is 23.0 Å². The zero-order chi connectivity index (χ0) is 15.8. The van der Waals surface area contributed by atoms with Gasteiger partial charge in [0.25, 0.3) is 0 Å². The first-order valence-electron chi connectivity index (χ1n) is 6.78. The first-order chi connectivity index (χ1) is 11.2. The maximum Gasteiger partial charge on any atom is 0.335 e. The molecule has 8 nitrogen and oxygen atoms in total. The molecular weight excluding hydrogens is 296 g/mol. The van der Waals surface area contributed by atoms with Crippen LogP contribution in [-0.2, 0) is 0 Å². The maximum atomic E-state index is 11.1. The molecule has 0 saturated carbocycles. The van der Waals surface area contributed by atoms with Gasteiger partial charge in [0.1, 0.15) is 0 Å². The summed E-state index contributed by atoms with van der Waals surface area (Å²) in [6, 6.07) is 12.3. The summed E-state index contributed by atoms with van der Waals surface area (Å²) in [5.41, 5.74) is 2.50. The Balaban J connectivity index is 1.89. The highest BCUT2D eigenvalue weighted by molar-refractivity contribution is 5.89. The number of aromatic nitrogens is 6. The number of nitrogens with zero attached hydrogens (tertiary/aromatic N) is 5. The second kappa shape index (κ2) is 5.02. The molecule has 0 aliphatic rings. The van der Waals surface area contributed by atoms with Crippen LogP contribution >= 0.6 is 0 Å². The summed E-state index contributed by atoms with van der Waals surface area (Å²) in [5, 5.41) is 28.3. The number of hydrogen-bond acceptors (Lipinski definition) is 5. The van der Waals surface area contributed by atoms with Crippen LogP contribution in [0.15, 0.2) is 48.7 Å². The molecule has 4 rings (SSSR count). The number of fused-ring (bicyclic) bond motifs is 1. The van der Waals surface area contributed by atoms with Crippen LogP contribution in [0.2, 0.25) is 0 Å². The number of tetrazole rings is 1. The molecular formula is C15H10N6O2. The van der Waals surface area contributed by atoms with E-state index in [0.717, 1.165) is 16.5 Å². The summed E-state index contributed by atoms with van der Waals surface area (Å²) < 4.78 is 1.69. The maximum absolute atomic E-state index is 11.1. The van der Waals surface area contributed by atoms with Gasteiger partial charge in [-0.05, 0) is 29.5 Å². The van der Waals surface area contributed by atoms with Gasteiger partial charge in [-0.1, -0.05) is 18.2 Å². The summed E-state index contributed by atoms with van der Waals surface area (Å²) in [4.78, 5) is 11.1. The van der Waals surface area contributed by atoms with Gasteiger partial charge in [-0.25, -0.2) is 9.48 Å². The highest BCUT2D eigenvalue weighted by atomic mass is 16.4. The normalized spacial score (nSPS) is 11.0. The van der Waals surface area contributed by atoms with E-state index in [1.165, 1.54) is 0 Å². The second-order valence-corrected chi connectivity index (χ2v) is 4.92. The van der Waals surface area contributed by atoms with E-state index in [4.69, 9.17) is 5.11 Å². The van der Waals surface area contributed by atoms with Crippen molar-refractivity contribution in [2.24, 2.45) is 0 Å². The molecule has 0 amide bonds. The van der Waals surface area contributed by atoms with E-state index in [9.17, 15) is 4.79 Å². The van der Waals surface area contributed by atoms with Gasteiger partial charge in [-0.3, -0.25) is 0 Å².